The van der Waals surface area contributed by atoms with E-state index in [4.69, 9.17) is 4.74 Å². The van der Waals surface area contributed by atoms with Crippen LogP contribution in [0.4, 0.5) is 4.39 Å². The van der Waals surface area contributed by atoms with Crippen LogP contribution in [0.2, 0.25) is 0 Å². The van der Waals surface area contributed by atoms with Crippen LogP contribution in [-0.2, 0) is 14.9 Å². The largest absolute Gasteiger partial charge is 0.389 e. The molecule has 2 unspecified atom stereocenters. The average Bonchev–Trinajstić information content (AvgIpc) is 2.59. The zero-order chi connectivity index (χ0) is 18.3. The summed E-state index contributed by atoms with van der Waals surface area (Å²) in [6, 6.07) is 6.80. The van der Waals surface area contributed by atoms with Gasteiger partial charge in [-0.2, -0.15) is 0 Å². The van der Waals surface area contributed by atoms with Crippen molar-refractivity contribution >= 4 is 5.91 Å². The number of carbonyl (C=O) groups is 1. The molecule has 1 aliphatic heterocycles. The second kappa shape index (κ2) is 6.93. The zero-order valence-corrected chi connectivity index (χ0v) is 15.4. The quantitative estimate of drug-likeness (QED) is 0.897. The summed E-state index contributed by atoms with van der Waals surface area (Å²) in [5, 5.41) is 9.56. The van der Waals surface area contributed by atoms with Gasteiger partial charge in [0.15, 0.2) is 0 Å². The molecular weight excluding hydrogens is 333 g/mol. The molecule has 5 heteroatoms. The number of β-amino-alcohol motifs (C(OH)–C–C–N with tert-alkyl or cyclic N) is 1. The second-order valence-electron chi connectivity index (χ2n) is 8.33. The summed E-state index contributed by atoms with van der Waals surface area (Å²) < 4.78 is 19.2. The van der Waals surface area contributed by atoms with Crippen molar-refractivity contribution in [1.82, 2.24) is 4.90 Å². The molecular formula is C21H28FNO3. The van der Waals surface area contributed by atoms with Crippen LogP contribution in [0, 0.1) is 17.7 Å². The smallest absolute Gasteiger partial charge is 0.223 e. The fourth-order valence-corrected chi connectivity index (χ4v) is 5.68. The van der Waals surface area contributed by atoms with Gasteiger partial charge in [-0.3, -0.25) is 4.79 Å². The van der Waals surface area contributed by atoms with E-state index in [9.17, 15) is 14.3 Å². The lowest BCUT2D eigenvalue weighted by atomic mass is 9.50. The third kappa shape index (κ3) is 2.95. The first-order chi connectivity index (χ1) is 12.5. The summed E-state index contributed by atoms with van der Waals surface area (Å²) in [4.78, 5) is 14.7. The molecule has 1 amide bonds. The van der Waals surface area contributed by atoms with Gasteiger partial charge in [0.2, 0.25) is 5.91 Å². The number of likely N-dealkylation sites (tertiary alicyclic amines) is 1. The van der Waals surface area contributed by atoms with Crippen molar-refractivity contribution in [2.24, 2.45) is 11.8 Å². The summed E-state index contributed by atoms with van der Waals surface area (Å²) in [5.41, 5.74) is 0.857. The molecule has 2 aliphatic carbocycles. The number of nitrogens with zero attached hydrogens (tertiary/aromatic N) is 1. The Balaban J connectivity index is 1.69. The summed E-state index contributed by atoms with van der Waals surface area (Å²) in [6.45, 7) is 0.878. The zero-order valence-electron chi connectivity index (χ0n) is 15.4. The van der Waals surface area contributed by atoms with Gasteiger partial charge in [-0.05, 0) is 55.2 Å². The Labute approximate surface area is 154 Å². The van der Waals surface area contributed by atoms with Crippen molar-refractivity contribution in [3.8, 4) is 0 Å². The van der Waals surface area contributed by atoms with E-state index in [-0.39, 0.29) is 29.3 Å². The Morgan fingerprint density at radius 1 is 1.23 bits per heavy atom. The Hall–Kier alpha value is -1.46. The molecule has 142 valence electrons. The Bertz CT molecular complexity index is 642. The van der Waals surface area contributed by atoms with Gasteiger partial charge in [-0.15, -0.1) is 0 Å². The van der Waals surface area contributed by atoms with Crippen molar-refractivity contribution in [3.63, 3.8) is 0 Å². The van der Waals surface area contributed by atoms with E-state index in [1.165, 1.54) is 18.6 Å². The number of hydrogen-bond donors (Lipinski definition) is 1. The van der Waals surface area contributed by atoms with Crippen molar-refractivity contribution < 1.29 is 19.0 Å². The molecule has 26 heavy (non-hydrogen) atoms. The number of benzene rings is 1. The Morgan fingerprint density at radius 2 is 1.85 bits per heavy atom. The number of carbonyl (C=O) groups excluding carboxylic acids is 1. The maximum Gasteiger partial charge on any atom is 0.223 e. The number of aliphatic hydroxyl groups is 1. The predicted octanol–water partition coefficient (Wildman–Crippen LogP) is 2.88. The van der Waals surface area contributed by atoms with E-state index < -0.39 is 0 Å². The third-order valence-corrected chi connectivity index (χ3v) is 7.03. The SMILES string of the molecule is COC1CC2CCCC(C1)C2(CC(=O)N1CC(O)C1)c1ccc(F)cc1. The molecule has 1 heterocycles. The van der Waals surface area contributed by atoms with Crippen LogP contribution in [0.5, 0.6) is 0 Å². The predicted molar refractivity (Wildman–Crippen MR) is 96.1 cm³/mol. The van der Waals surface area contributed by atoms with Crippen LogP contribution < -0.4 is 0 Å². The average molecular weight is 361 g/mol. The first-order valence-electron chi connectivity index (χ1n) is 9.77. The molecule has 0 aromatic heterocycles. The van der Waals surface area contributed by atoms with Crippen molar-refractivity contribution in [1.29, 1.82) is 0 Å². The standard InChI is InChI=1S/C21H28FNO3/c1-26-19-9-15-3-2-4-16(10-19)21(15,14-5-7-17(22)8-6-14)11-20(25)23-12-18(24)13-23/h5-8,15-16,18-19,24H,2-4,9-13H2,1H3. The monoisotopic (exact) mass is 361 g/mol. The number of rotatable bonds is 4. The van der Waals surface area contributed by atoms with Crippen LogP contribution >= 0.6 is 0 Å². The van der Waals surface area contributed by atoms with Gasteiger partial charge in [-0.1, -0.05) is 18.6 Å². The number of ether oxygens (including phenoxy) is 1. The normalized spacial score (nSPS) is 34.4. The number of halogens is 1. The highest BCUT2D eigenvalue weighted by Crippen LogP contribution is 2.57. The van der Waals surface area contributed by atoms with Crippen LogP contribution in [0.25, 0.3) is 0 Å². The maximum atomic E-state index is 13.6. The van der Waals surface area contributed by atoms with Crippen molar-refractivity contribution in [2.75, 3.05) is 20.2 Å². The van der Waals surface area contributed by atoms with Crippen molar-refractivity contribution in [2.45, 2.75) is 56.1 Å². The van der Waals surface area contributed by atoms with Crippen LogP contribution in [-0.4, -0.2) is 48.3 Å². The molecule has 1 saturated heterocycles. The molecule has 0 radical (unpaired) electrons. The second-order valence-corrected chi connectivity index (χ2v) is 8.33. The lowest BCUT2D eigenvalue weighted by molar-refractivity contribution is -0.146. The molecule has 3 fully saturated rings. The van der Waals surface area contributed by atoms with Crippen LogP contribution in [0.1, 0.15) is 44.1 Å². The molecule has 2 saturated carbocycles. The van der Waals surface area contributed by atoms with Crippen LogP contribution in [0.15, 0.2) is 24.3 Å². The Morgan fingerprint density at radius 3 is 2.38 bits per heavy atom. The van der Waals surface area contributed by atoms with E-state index in [2.05, 4.69) is 0 Å². The minimum Gasteiger partial charge on any atom is -0.389 e. The minimum atomic E-state index is -0.385. The number of aliphatic hydroxyl groups excluding tert-OH is 1. The fourth-order valence-electron chi connectivity index (χ4n) is 5.68. The highest BCUT2D eigenvalue weighted by molar-refractivity contribution is 5.79. The van der Waals surface area contributed by atoms with Gasteiger partial charge < -0.3 is 14.7 Å². The summed E-state index contributed by atoms with van der Waals surface area (Å²) in [5.74, 6) is 0.630. The van der Waals surface area contributed by atoms with Crippen molar-refractivity contribution in [3.05, 3.63) is 35.6 Å². The van der Waals surface area contributed by atoms with E-state index >= 15 is 0 Å². The van der Waals surface area contributed by atoms with E-state index in [1.54, 1.807) is 12.0 Å². The summed E-state index contributed by atoms with van der Waals surface area (Å²) >= 11 is 0. The van der Waals surface area contributed by atoms with Gasteiger partial charge in [0.05, 0.1) is 12.2 Å². The number of fused-ring (bicyclic) bond motifs is 2. The minimum absolute atomic E-state index is 0.118. The molecule has 0 spiro atoms. The molecule has 3 aliphatic rings. The highest BCUT2D eigenvalue weighted by atomic mass is 19.1. The molecule has 2 atom stereocenters. The molecule has 2 bridgehead atoms. The molecule has 1 N–H and O–H groups in total. The van der Waals surface area contributed by atoms with Gasteiger partial charge in [-0.25, -0.2) is 4.39 Å². The lowest BCUT2D eigenvalue weighted by Gasteiger charge is -2.56. The van der Waals surface area contributed by atoms with E-state index in [0.717, 1.165) is 31.2 Å². The molecule has 4 nitrogen and oxygen atoms in total. The first kappa shape index (κ1) is 17.9. The van der Waals surface area contributed by atoms with Crippen LogP contribution in [0.3, 0.4) is 0 Å². The fraction of sp³-hybridized carbons (Fsp3) is 0.667. The maximum absolute atomic E-state index is 13.6. The lowest BCUT2D eigenvalue weighted by Crippen LogP contribution is -2.58. The third-order valence-electron chi connectivity index (χ3n) is 7.03. The van der Waals surface area contributed by atoms with E-state index in [1.807, 2.05) is 12.1 Å². The number of amides is 1. The highest BCUT2D eigenvalue weighted by Gasteiger charge is 2.54. The Kier molecular flexibility index (Phi) is 4.78. The van der Waals surface area contributed by atoms with Gasteiger partial charge in [0, 0.05) is 32.0 Å². The number of hydrogen-bond acceptors (Lipinski definition) is 3. The molecule has 4 rings (SSSR count). The summed E-state index contributed by atoms with van der Waals surface area (Å²) in [7, 11) is 1.78. The van der Waals surface area contributed by atoms with Gasteiger partial charge >= 0.3 is 0 Å². The topological polar surface area (TPSA) is 49.8 Å². The number of methoxy groups -OCH3 is 1. The van der Waals surface area contributed by atoms with E-state index in [0.29, 0.717) is 31.3 Å². The molecule has 1 aromatic carbocycles. The summed E-state index contributed by atoms with van der Waals surface area (Å²) in [6.07, 6.45) is 5.60. The van der Waals surface area contributed by atoms with Gasteiger partial charge in [0.25, 0.3) is 0 Å². The van der Waals surface area contributed by atoms with Gasteiger partial charge in [0.1, 0.15) is 5.82 Å². The first-order valence-corrected chi connectivity index (χ1v) is 9.77. The molecule has 1 aromatic rings.